The largest absolute Gasteiger partial charge is 0.367 e. The van der Waals surface area contributed by atoms with Crippen LogP contribution in [0.2, 0.25) is 5.02 Å². The zero-order valence-corrected chi connectivity index (χ0v) is 11.7. The van der Waals surface area contributed by atoms with Crippen LogP contribution in [0, 0.1) is 5.92 Å². The summed E-state index contributed by atoms with van der Waals surface area (Å²) in [5.41, 5.74) is 2.51. The van der Waals surface area contributed by atoms with Crippen molar-refractivity contribution in [3.63, 3.8) is 0 Å². The zero-order chi connectivity index (χ0) is 12.5. The summed E-state index contributed by atoms with van der Waals surface area (Å²) < 4.78 is 0. The van der Waals surface area contributed by atoms with Crippen LogP contribution in [-0.4, -0.2) is 19.1 Å². The van der Waals surface area contributed by atoms with E-state index in [-0.39, 0.29) is 0 Å². The molecule has 2 atom stereocenters. The van der Waals surface area contributed by atoms with Crippen molar-refractivity contribution in [3.05, 3.63) is 28.8 Å². The fourth-order valence-corrected chi connectivity index (χ4v) is 3.69. The van der Waals surface area contributed by atoms with Gasteiger partial charge in [-0.2, -0.15) is 0 Å². The second kappa shape index (κ2) is 5.10. The first kappa shape index (κ1) is 12.3. The Kier molecular flexibility index (Phi) is 3.49. The minimum Gasteiger partial charge on any atom is -0.367 e. The third kappa shape index (κ3) is 2.24. The van der Waals surface area contributed by atoms with E-state index < -0.39 is 0 Å². The Bertz CT molecular complexity index is 433. The Morgan fingerprint density at radius 3 is 2.89 bits per heavy atom. The monoisotopic (exact) mass is 264 g/mol. The first-order valence-electron chi connectivity index (χ1n) is 7.03. The summed E-state index contributed by atoms with van der Waals surface area (Å²) in [4.78, 5) is 2.52. The fraction of sp³-hybridized carbons (Fsp3) is 0.600. The van der Waals surface area contributed by atoms with Gasteiger partial charge >= 0.3 is 0 Å². The number of nitrogens with one attached hydrogen (secondary N) is 1. The Morgan fingerprint density at radius 2 is 2.28 bits per heavy atom. The lowest BCUT2D eigenvalue weighted by atomic mass is 10.1. The topological polar surface area (TPSA) is 15.3 Å². The average Bonchev–Trinajstić information content (AvgIpc) is 2.98. The molecule has 1 N–H and O–H groups in total. The fourth-order valence-electron chi connectivity index (χ4n) is 3.38. The molecule has 0 spiro atoms. The third-order valence-electron chi connectivity index (χ3n) is 4.31. The van der Waals surface area contributed by atoms with Crippen molar-refractivity contribution in [2.75, 3.05) is 18.0 Å². The molecule has 1 aromatic carbocycles. The summed E-state index contributed by atoms with van der Waals surface area (Å²) in [6.45, 7) is 5.23. The minimum atomic E-state index is 0.743. The highest BCUT2D eigenvalue weighted by Crippen LogP contribution is 2.42. The highest BCUT2D eigenvalue weighted by Gasteiger charge is 2.38. The predicted octanol–water partition coefficient (Wildman–Crippen LogP) is 3.44. The van der Waals surface area contributed by atoms with Gasteiger partial charge in [0.2, 0.25) is 0 Å². The van der Waals surface area contributed by atoms with E-state index >= 15 is 0 Å². The predicted molar refractivity (Wildman–Crippen MR) is 77.3 cm³/mol. The SMILES string of the molecule is CCNCc1ccc(N2CC3CCC2C3)c(Cl)c1. The van der Waals surface area contributed by atoms with E-state index in [9.17, 15) is 0 Å². The smallest absolute Gasteiger partial charge is 0.0642 e. The molecule has 1 heterocycles. The molecule has 18 heavy (non-hydrogen) atoms. The van der Waals surface area contributed by atoms with Crippen molar-refractivity contribution in [2.45, 2.75) is 38.8 Å². The molecule has 0 aromatic heterocycles. The molecule has 3 rings (SSSR count). The van der Waals surface area contributed by atoms with Gasteiger partial charge in [0.05, 0.1) is 10.7 Å². The Morgan fingerprint density at radius 1 is 1.39 bits per heavy atom. The number of fused-ring (bicyclic) bond motifs is 2. The van der Waals surface area contributed by atoms with E-state index in [1.54, 1.807) is 0 Å². The number of benzene rings is 1. The molecule has 0 radical (unpaired) electrons. The lowest BCUT2D eigenvalue weighted by molar-refractivity contribution is 0.553. The number of piperidine rings is 1. The van der Waals surface area contributed by atoms with Crippen LogP contribution in [0.1, 0.15) is 31.7 Å². The quantitative estimate of drug-likeness (QED) is 0.896. The maximum Gasteiger partial charge on any atom is 0.0642 e. The highest BCUT2D eigenvalue weighted by molar-refractivity contribution is 6.33. The number of hydrogen-bond donors (Lipinski definition) is 1. The normalized spacial score (nSPS) is 26.0. The molecule has 0 amide bonds. The van der Waals surface area contributed by atoms with E-state index in [1.807, 2.05) is 0 Å². The Labute approximate surface area is 114 Å². The van der Waals surface area contributed by atoms with E-state index in [1.165, 1.54) is 37.1 Å². The van der Waals surface area contributed by atoms with Crippen LogP contribution >= 0.6 is 11.6 Å². The van der Waals surface area contributed by atoms with Crippen LogP contribution < -0.4 is 10.2 Å². The number of halogens is 1. The van der Waals surface area contributed by atoms with Gasteiger partial charge in [-0.25, -0.2) is 0 Å². The van der Waals surface area contributed by atoms with Gasteiger partial charge in [0.1, 0.15) is 0 Å². The van der Waals surface area contributed by atoms with Crippen molar-refractivity contribution < 1.29 is 0 Å². The molecule has 1 aromatic rings. The van der Waals surface area contributed by atoms with Crippen LogP contribution in [0.5, 0.6) is 0 Å². The van der Waals surface area contributed by atoms with E-state index in [4.69, 9.17) is 11.6 Å². The van der Waals surface area contributed by atoms with Crippen LogP contribution in [0.15, 0.2) is 18.2 Å². The average molecular weight is 265 g/mol. The summed E-state index contributed by atoms with van der Waals surface area (Å²) >= 11 is 6.46. The van der Waals surface area contributed by atoms with Gasteiger partial charge < -0.3 is 10.2 Å². The van der Waals surface area contributed by atoms with Gasteiger partial charge in [-0.05, 0) is 49.4 Å². The van der Waals surface area contributed by atoms with E-state index in [0.717, 1.165) is 30.1 Å². The zero-order valence-electron chi connectivity index (χ0n) is 11.0. The summed E-state index contributed by atoms with van der Waals surface area (Å²) in [5.74, 6) is 0.910. The molecule has 1 saturated carbocycles. The molecule has 1 aliphatic carbocycles. The molecule has 1 aliphatic heterocycles. The van der Waals surface area contributed by atoms with E-state index in [2.05, 4.69) is 35.3 Å². The van der Waals surface area contributed by atoms with Gasteiger partial charge in [-0.1, -0.05) is 24.6 Å². The van der Waals surface area contributed by atoms with Gasteiger partial charge in [-0.3, -0.25) is 0 Å². The van der Waals surface area contributed by atoms with Crippen molar-refractivity contribution in [2.24, 2.45) is 5.92 Å². The standard InChI is InChI=1S/C15H21ClN2/c1-2-17-9-11-4-6-15(14(16)8-11)18-10-12-3-5-13(18)7-12/h4,6,8,12-13,17H,2-3,5,7,9-10H2,1H3. The van der Waals surface area contributed by atoms with Crippen molar-refractivity contribution in [3.8, 4) is 0 Å². The van der Waals surface area contributed by atoms with Crippen molar-refractivity contribution in [1.29, 1.82) is 0 Å². The summed E-state index contributed by atoms with van der Waals surface area (Å²) in [7, 11) is 0. The lowest BCUT2D eigenvalue weighted by Gasteiger charge is -2.30. The number of hydrogen-bond acceptors (Lipinski definition) is 2. The van der Waals surface area contributed by atoms with Crippen LogP contribution in [0.4, 0.5) is 5.69 Å². The molecular weight excluding hydrogens is 244 g/mol. The number of nitrogens with zero attached hydrogens (tertiary/aromatic N) is 1. The highest BCUT2D eigenvalue weighted by atomic mass is 35.5. The molecular formula is C15H21ClN2. The molecule has 98 valence electrons. The molecule has 3 heteroatoms. The molecule has 2 fully saturated rings. The summed E-state index contributed by atoms with van der Waals surface area (Å²) in [6, 6.07) is 7.27. The maximum atomic E-state index is 6.46. The van der Waals surface area contributed by atoms with Gasteiger partial charge in [0.25, 0.3) is 0 Å². The van der Waals surface area contributed by atoms with Gasteiger partial charge in [0.15, 0.2) is 0 Å². The van der Waals surface area contributed by atoms with Gasteiger partial charge in [-0.15, -0.1) is 0 Å². The summed E-state index contributed by atoms with van der Waals surface area (Å²) in [6.07, 6.45) is 4.13. The Hall–Kier alpha value is -0.730. The number of rotatable bonds is 4. The molecule has 2 unspecified atom stereocenters. The molecule has 2 aliphatic rings. The van der Waals surface area contributed by atoms with Crippen molar-refractivity contribution in [1.82, 2.24) is 5.32 Å². The first-order valence-corrected chi connectivity index (χ1v) is 7.41. The minimum absolute atomic E-state index is 0.743. The second-order valence-corrected chi connectivity index (χ2v) is 5.96. The van der Waals surface area contributed by atoms with E-state index in [0.29, 0.717) is 0 Å². The van der Waals surface area contributed by atoms with Crippen LogP contribution in [0.25, 0.3) is 0 Å². The molecule has 1 saturated heterocycles. The van der Waals surface area contributed by atoms with Crippen LogP contribution in [0.3, 0.4) is 0 Å². The van der Waals surface area contributed by atoms with Crippen molar-refractivity contribution >= 4 is 17.3 Å². The molecule has 2 nitrogen and oxygen atoms in total. The molecule has 2 bridgehead atoms. The lowest BCUT2D eigenvalue weighted by Crippen LogP contribution is -2.32. The second-order valence-electron chi connectivity index (χ2n) is 5.55. The maximum absolute atomic E-state index is 6.46. The Balaban J connectivity index is 1.77. The summed E-state index contributed by atoms with van der Waals surface area (Å²) in [5, 5.41) is 4.25. The third-order valence-corrected chi connectivity index (χ3v) is 4.61. The number of anilines is 1. The van der Waals surface area contributed by atoms with Gasteiger partial charge in [0, 0.05) is 19.1 Å². The first-order chi connectivity index (χ1) is 8.78. The van der Waals surface area contributed by atoms with Crippen LogP contribution in [-0.2, 0) is 6.54 Å².